The standard InChI is InChI=1S/C15H12S3/c1-11-9-10-16-15(11)13-7-8-14(18-13)17-12-5-3-2-4-6-12/h2-10H,1H3. The van der Waals surface area contributed by atoms with Gasteiger partial charge in [-0.2, -0.15) is 0 Å². The number of hydrogen-bond acceptors (Lipinski definition) is 3. The van der Waals surface area contributed by atoms with Gasteiger partial charge in [-0.3, -0.25) is 0 Å². The van der Waals surface area contributed by atoms with Gasteiger partial charge in [0.25, 0.3) is 0 Å². The molecule has 0 aliphatic rings. The molecule has 18 heavy (non-hydrogen) atoms. The summed E-state index contributed by atoms with van der Waals surface area (Å²) in [6.45, 7) is 2.18. The molecule has 3 rings (SSSR count). The van der Waals surface area contributed by atoms with Crippen molar-refractivity contribution in [2.75, 3.05) is 0 Å². The molecule has 90 valence electrons. The van der Waals surface area contributed by atoms with Gasteiger partial charge in [-0.15, -0.1) is 22.7 Å². The van der Waals surface area contributed by atoms with Gasteiger partial charge in [0.05, 0.1) is 4.21 Å². The van der Waals surface area contributed by atoms with Crippen LogP contribution in [0.1, 0.15) is 5.56 Å². The fourth-order valence-electron chi connectivity index (χ4n) is 1.73. The van der Waals surface area contributed by atoms with E-state index >= 15 is 0 Å². The lowest BCUT2D eigenvalue weighted by atomic mass is 10.2. The lowest BCUT2D eigenvalue weighted by Crippen LogP contribution is -1.67. The first kappa shape index (κ1) is 12.0. The Morgan fingerprint density at radius 2 is 1.78 bits per heavy atom. The van der Waals surface area contributed by atoms with E-state index in [9.17, 15) is 0 Å². The molecule has 0 atom stereocenters. The van der Waals surface area contributed by atoms with Crippen LogP contribution in [0.4, 0.5) is 0 Å². The van der Waals surface area contributed by atoms with Crippen molar-refractivity contribution in [2.24, 2.45) is 0 Å². The fraction of sp³-hybridized carbons (Fsp3) is 0.0667. The molecule has 0 unspecified atom stereocenters. The van der Waals surface area contributed by atoms with Crippen molar-refractivity contribution in [2.45, 2.75) is 16.0 Å². The summed E-state index contributed by atoms with van der Waals surface area (Å²) in [5.41, 5.74) is 1.37. The third-order valence-electron chi connectivity index (χ3n) is 2.63. The van der Waals surface area contributed by atoms with Crippen molar-refractivity contribution in [3.8, 4) is 9.75 Å². The van der Waals surface area contributed by atoms with E-state index in [-0.39, 0.29) is 0 Å². The highest BCUT2D eigenvalue weighted by atomic mass is 32.2. The molecule has 0 saturated carbocycles. The first-order chi connectivity index (χ1) is 8.83. The van der Waals surface area contributed by atoms with Crippen LogP contribution in [0.5, 0.6) is 0 Å². The quantitative estimate of drug-likeness (QED) is 0.575. The Morgan fingerprint density at radius 3 is 2.50 bits per heavy atom. The second-order valence-corrected chi connectivity index (χ2v) is 7.34. The molecule has 0 saturated heterocycles. The fourth-order valence-corrected chi connectivity index (χ4v) is 4.97. The van der Waals surface area contributed by atoms with Crippen molar-refractivity contribution in [3.63, 3.8) is 0 Å². The number of aryl methyl sites for hydroxylation is 1. The third kappa shape index (κ3) is 2.53. The molecule has 0 spiro atoms. The van der Waals surface area contributed by atoms with Crippen LogP contribution in [0.3, 0.4) is 0 Å². The van der Waals surface area contributed by atoms with Gasteiger partial charge in [0.15, 0.2) is 0 Å². The number of hydrogen-bond donors (Lipinski definition) is 0. The van der Waals surface area contributed by atoms with Crippen LogP contribution >= 0.6 is 34.4 Å². The first-order valence-corrected chi connectivity index (χ1v) is 8.21. The first-order valence-electron chi connectivity index (χ1n) is 5.70. The van der Waals surface area contributed by atoms with Gasteiger partial charge in [0, 0.05) is 14.6 Å². The number of rotatable bonds is 3. The van der Waals surface area contributed by atoms with E-state index in [0.29, 0.717) is 0 Å². The molecule has 0 radical (unpaired) electrons. The van der Waals surface area contributed by atoms with Crippen molar-refractivity contribution in [1.82, 2.24) is 0 Å². The summed E-state index contributed by atoms with van der Waals surface area (Å²) < 4.78 is 1.35. The zero-order chi connectivity index (χ0) is 12.4. The highest BCUT2D eigenvalue weighted by Crippen LogP contribution is 2.40. The Morgan fingerprint density at radius 1 is 0.944 bits per heavy atom. The summed E-state index contributed by atoms with van der Waals surface area (Å²) in [6, 6.07) is 17.2. The van der Waals surface area contributed by atoms with Gasteiger partial charge in [-0.1, -0.05) is 30.0 Å². The van der Waals surface area contributed by atoms with Crippen molar-refractivity contribution < 1.29 is 0 Å². The molecule has 3 aromatic rings. The number of benzene rings is 1. The van der Waals surface area contributed by atoms with Gasteiger partial charge in [0.1, 0.15) is 0 Å². The van der Waals surface area contributed by atoms with Crippen LogP contribution in [0, 0.1) is 6.92 Å². The summed E-state index contributed by atoms with van der Waals surface area (Å²) in [7, 11) is 0. The minimum Gasteiger partial charge on any atom is -0.143 e. The van der Waals surface area contributed by atoms with Crippen LogP contribution in [-0.4, -0.2) is 0 Å². The average molecular weight is 288 g/mol. The summed E-state index contributed by atoms with van der Waals surface area (Å²) in [4.78, 5) is 4.08. The third-order valence-corrected chi connectivity index (χ3v) is 6.05. The molecule has 0 N–H and O–H groups in total. The van der Waals surface area contributed by atoms with Crippen molar-refractivity contribution in [3.05, 3.63) is 59.5 Å². The maximum atomic E-state index is 2.23. The monoisotopic (exact) mass is 288 g/mol. The van der Waals surface area contributed by atoms with Gasteiger partial charge < -0.3 is 0 Å². The minimum absolute atomic E-state index is 1.30. The minimum atomic E-state index is 1.30. The smallest absolute Gasteiger partial charge is 0.0653 e. The molecule has 0 aliphatic carbocycles. The summed E-state index contributed by atoms with van der Waals surface area (Å²) in [5.74, 6) is 0. The molecule has 0 fully saturated rings. The Bertz CT molecular complexity index is 635. The summed E-state index contributed by atoms with van der Waals surface area (Å²) in [5, 5.41) is 2.16. The molecule has 0 bridgehead atoms. The SMILES string of the molecule is Cc1ccsc1-c1ccc(Sc2ccccc2)s1. The predicted molar refractivity (Wildman–Crippen MR) is 82.9 cm³/mol. The van der Waals surface area contributed by atoms with Crippen molar-refractivity contribution >= 4 is 34.4 Å². The summed E-state index contributed by atoms with van der Waals surface area (Å²) >= 11 is 5.53. The maximum absolute atomic E-state index is 2.23. The predicted octanol–water partition coefficient (Wildman–Crippen LogP) is 5.94. The van der Waals surface area contributed by atoms with E-state index in [2.05, 4.69) is 60.8 Å². The van der Waals surface area contributed by atoms with Crippen molar-refractivity contribution in [1.29, 1.82) is 0 Å². The van der Waals surface area contributed by atoms with E-state index < -0.39 is 0 Å². The van der Waals surface area contributed by atoms with Gasteiger partial charge in [0.2, 0.25) is 0 Å². The van der Waals surface area contributed by atoms with Crippen LogP contribution in [0.25, 0.3) is 9.75 Å². The normalized spacial score (nSPS) is 10.7. The molecule has 0 aliphatic heterocycles. The van der Waals surface area contributed by atoms with E-state index in [1.165, 1.54) is 24.4 Å². The van der Waals surface area contributed by atoms with Crippen LogP contribution in [0.15, 0.2) is 63.0 Å². The Balaban J connectivity index is 1.84. The molecule has 0 amide bonds. The average Bonchev–Trinajstić information content (AvgIpc) is 2.99. The zero-order valence-electron chi connectivity index (χ0n) is 9.92. The molecular formula is C15H12S3. The second kappa shape index (κ2) is 5.31. The maximum Gasteiger partial charge on any atom is 0.0653 e. The second-order valence-electron chi connectivity index (χ2n) is 3.97. The van der Waals surface area contributed by atoms with Gasteiger partial charge >= 0.3 is 0 Å². The lowest BCUT2D eigenvalue weighted by molar-refractivity contribution is 1.46. The van der Waals surface area contributed by atoms with E-state index in [0.717, 1.165) is 0 Å². The topological polar surface area (TPSA) is 0 Å². The van der Waals surface area contributed by atoms with Crippen LogP contribution in [-0.2, 0) is 0 Å². The van der Waals surface area contributed by atoms with Gasteiger partial charge in [-0.05, 0) is 48.2 Å². The zero-order valence-corrected chi connectivity index (χ0v) is 12.4. The van der Waals surface area contributed by atoms with Gasteiger partial charge in [-0.25, -0.2) is 0 Å². The van der Waals surface area contributed by atoms with E-state index in [1.807, 2.05) is 34.4 Å². The highest BCUT2D eigenvalue weighted by molar-refractivity contribution is 8.01. The Hall–Kier alpha value is -1.03. The molecular weight excluding hydrogens is 276 g/mol. The molecule has 1 aromatic carbocycles. The molecule has 2 heterocycles. The van der Waals surface area contributed by atoms with Crippen LogP contribution < -0.4 is 0 Å². The molecule has 2 aromatic heterocycles. The molecule has 3 heteroatoms. The highest BCUT2D eigenvalue weighted by Gasteiger charge is 2.07. The lowest BCUT2D eigenvalue weighted by Gasteiger charge is -1.97. The summed E-state index contributed by atoms with van der Waals surface area (Å²) in [6.07, 6.45) is 0. The van der Waals surface area contributed by atoms with Crippen LogP contribution in [0.2, 0.25) is 0 Å². The molecule has 0 nitrogen and oxygen atoms in total. The largest absolute Gasteiger partial charge is 0.143 e. The Kier molecular flexibility index (Phi) is 3.55. The van der Waals surface area contributed by atoms with E-state index in [4.69, 9.17) is 0 Å². The van der Waals surface area contributed by atoms with E-state index in [1.54, 1.807) is 0 Å². The Labute approximate surface area is 119 Å². The number of thiophene rings is 2.